The van der Waals surface area contributed by atoms with Gasteiger partial charge in [0.25, 0.3) is 0 Å². The second kappa shape index (κ2) is 5.48. The summed E-state index contributed by atoms with van der Waals surface area (Å²) in [5.41, 5.74) is 2.36. The molecule has 1 saturated heterocycles. The molecule has 22 heavy (non-hydrogen) atoms. The minimum absolute atomic E-state index is 0.00585. The Balaban J connectivity index is 1.53. The lowest BCUT2D eigenvalue weighted by molar-refractivity contribution is -0.199. The fraction of sp³-hybridized carbons (Fsp3) is 0.588. The van der Waals surface area contributed by atoms with Crippen LogP contribution in [0.2, 0.25) is 0 Å². The third-order valence-electron chi connectivity index (χ3n) is 5.47. The van der Waals surface area contributed by atoms with Crippen LogP contribution in [-0.2, 0) is 4.74 Å². The third-order valence-corrected chi connectivity index (χ3v) is 6.39. The largest absolute Gasteiger partial charge is 0.392 e. The summed E-state index contributed by atoms with van der Waals surface area (Å²) in [7, 11) is 0. The zero-order valence-electron chi connectivity index (χ0n) is 12.9. The number of rotatable bonds is 3. The number of hydrogen-bond donors (Lipinski definition) is 1. The molecule has 2 fully saturated rings. The van der Waals surface area contributed by atoms with Crippen molar-refractivity contribution in [2.24, 2.45) is 5.41 Å². The molecule has 1 aliphatic carbocycles. The standard InChI is InChI=1S/C17H22N2O2S/c1-2-21-15-11-14(20)17(15)5-8-19(9-6-17)13-3-7-18-12-4-10-22-16(12)13/h3-4,7,10,14-15,20H,2,5-6,8-9,11H2,1H3. The molecule has 0 aromatic carbocycles. The van der Waals surface area contributed by atoms with Gasteiger partial charge in [-0.05, 0) is 37.3 Å². The van der Waals surface area contributed by atoms with Gasteiger partial charge < -0.3 is 14.7 Å². The predicted molar refractivity (Wildman–Crippen MR) is 89.5 cm³/mol. The van der Waals surface area contributed by atoms with E-state index in [-0.39, 0.29) is 17.6 Å². The van der Waals surface area contributed by atoms with E-state index in [1.165, 1.54) is 10.4 Å². The van der Waals surface area contributed by atoms with Gasteiger partial charge >= 0.3 is 0 Å². The number of aliphatic hydroxyl groups excluding tert-OH is 1. The number of thiophene rings is 1. The molecule has 1 saturated carbocycles. The smallest absolute Gasteiger partial charge is 0.0830 e. The Labute approximate surface area is 134 Å². The van der Waals surface area contributed by atoms with Crippen molar-refractivity contribution in [2.45, 2.75) is 38.4 Å². The van der Waals surface area contributed by atoms with E-state index in [1.807, 2.05) is 13.1 Å². The highest BCUT2D eigenvalue weighted by molar-refractivity contribution is 7.17. The van der Waals surface area contributed by atoms with Crippen molar-refractivity contribution in [3.05, 3.63) is 23.7 Å². The molecular weight excluding hydrogens is 296 g/mol. The number of aromatic nitrogens is 1. The fourth-order valence-corrected chi connectivity index (χ4v) is 4.98. The molecule has 2 aliphatic rings. The molecule has 2 unspecified atom stereocenters. The van der Waals surface area contributed by atoms with Gasteiger partial charge in [0.05, 0.1) is 28.1 Å². The van der Waals surface area contributed by atoms with E-state index in [0.29, 0.717) is 0 Å². The molecule has 0 amide bonds. The summed E-state index contributed by atoms with van der Waals surface area (Å²) in [6.45, 7) is 4.75. The lowest BCUT2D eigenvalue weighted by Crippen LogP contribution is -2.62. The second-order valence-corrected chi connectivity index (χ2v) is 7.30. The van der Waals surface area contributed by atoms with Crippen LogP contribution < -0.4 is 4.90 Å². The molecule has 4 rings (SSSR count). The molecule has 118 valence electrons. The summed E-state index contributed by atoms with van der Waals surface area (Å²) in [6.07, 6.45) is 4.77. The Kier molecular flexibility index (Phi) is 3.59. The van der Waals surface area contributed by atoms with Crippen LogP contribution in [0.3, 0.4) is 0 Å². The van der Waals surface area contributed by atoms with Crippen molar-refractivity contribution in [2.75, 3.05) is 24.6 Å². The van der Waals surface area contributed by atoms with Crippen molar-refractivity contribution in [3.63, 3.8) is 0 Å². The molecular formula is C17H22N2O2S. The van der Waals surface area contributed by atoms with Crippen molar-refractivity contribution in [1.29, 1.82) is 0 Å². The number of anilines is 1. The minimum atomic E-state index is -0.189. The number of aliphatic hydroxyl groups is 1. The summed E-state index contributed by atoms with van der Waals surface area (Å²) in [6, 6.07) is 4.20. The molecule has 0 bridgehead atoms. The summed E-state index contributed by atoms with van der Waals surface area (Å²) in [4.78, 5) is 6.87. The van der Waals surface area contributed by atoms with E-state index in [2.05, 4.69) is 27.4 Å². The van der Waals surface area contributed by atoms with Crippen LogP contribution in [0.5, 0.6) is 0 Å². The highest BCUT2D eigenvalue weighted by Gasteiger charge is 2.56. The van der Waals surface area contributed by atoms with Crippen LogP contribution in [0.4, 0.5) is 5.69 Å². The quantitative estimate of drug-likeness (QED) is 0.945. The molecule has 3 heterocycles. The first-order valence-electron chi connectivity index (χ1n) is 8.11. The molecule has 1 spiro atoms. The zero-order valence-corrected chi connectivity index (χ0v) is 13.7. The first-order chi connectivity index (χ1) is 10.7. The van der Waals surface area contributed by atoms with Crippen molar-refractivity contribution in [3.8, 4) is 0 Å². The average molecular weight is 318 g/mol. The summed E-state index contributed by atoms with van der Waals surface area (Å²) in [5, 5.41) is 12.4. The Morgan fingerprint density at radius 3 is 2.95 bits per heavy atom. The van der Waals surface area contributed by atoms with Crippen molar-refractivity contribution >= 4 is 27.2 Å². The van der Waals surface area contributed by atoms with E-state index in [1.54, 1.807) is 11.3 Å². The second-order valence-electron chi connectivity index (χ2n) is 6.38. The van der Waals surface area contributed by atoms with E-state index in [0.717, 1.165) is 44.5 Å². The Morgan fingerprint density at radius 1 is 1.41 bits per heavy atom. The number of fused-ring (bicyclic) bond motifs is 1. The monoisotopic (exact) mass is 318 g/mol. The molecule has 1 aliphatic heterocycles. The molecule has 2 aromatic rings. The first-order valence-corrected chi connectivity index (χ1v) is 8.99. The number of piperidine rings is 1. The summed E-state index contributed by atoms with van der Waals surface area (Å²) in [5.74, 6) is 0. The average Bonchev–Trinajstić information content (AvgIpc) is 3.03. The van der Waals surface area contributed by atoms with Gasteiger partial charge in [0.1, 0.15) is 0 Å². The van der Waals surface area contributed by atoms with Gasteiger partial charge in [-0.1, -0.05) is 0 Å². The minimum Gasteiger partial charge on any atom is -0.392 e. The topological polar surface area (TPSA) is 45.6 Å². The highest BCUT2D eigenvalue weighted by atomic mass is 32.1. The van der Waals surface area contributed by atoms with E-state index in [9.17, 15) is 5.11 Å². The van der Waals surface area contributed by atoms with Crippen LogP contribution in [0.25, 0.3) is 10.2 Å². The maximum atomic E-state index is 10.3. The van der Waals surface area contributed by atoms with E-state index in [4.69, 9.17) is 4.74 Å². The van der Waals surface area contributed by atoms with Gasteiger partial charge in [-0.25, -0.2) is 0 Å². The summed E-state index contributed by atoms with van der Waals surface area (Å²) >= 11 is 1.76. The van der Waals surface area contributed by atoms with Crippen LogP contribution >= 0.6 is 11.3 Å². The van der Waals surface area contributed by atoms with Crippen molar-refractivity contribution in [1.82, 2.24) is 4.98 Å². The van der Waals surface area contributed by atoms with Crippen LogP contribution in [0, 0.1) is 5.41 Å². The Hall–Kier alpha value is -1.17. The van der Waals surface area contributed by atoms with Gasteiger partial charge in [0, 0.05) is 37.7 Å². The Bertz CT molecular complexity index is 661. The van der Waals surface area contributed by atoms with Gasteiger partial charge in [-0.3, -0.25) is 4.98 Å². The molecule has 4 nitrogen and oxygen atoms in total. The number of hydrogen-bond acceptors (Lipinski definition) is 5. The molecule has 0 radical (unpaired) electrons. The van der Waals surface area contributed by atoms with E-state index >= 15 is 0 Å². The maximum absolute atomic E-state index is 10.3. The van der Waals surface area contributed by atoms with Gasteiger partial charge in [-0.15, -0.1) is 11.3 Å². The van der Waals surface area contributed by atoms with Gasteiger partial charge in [-0.2, -0.15) is 0 Å². The normalized spacial score (nSPS) is 27.3. The van der Waals surface area contributed by atoms with Crippen LogP contribution in [-0.4, -0.2) is 42.0 Å². The van der Waals surface area contributed by atoms with Crippen molar-refractivity contribution < 1.29 is 9.84 Å². The first kappa shape index (κ1) is 14.4. The molecule has 2 aromatic heterocycles. The van der Waals surface area contributed by atoms with Gasteiger partial charge in [0.15, 0.2) is 0 Å². The number of pyridine rings is 1. The zero-order chi connectivity index (χ0) is 15.2. The lowest BCUT2D eigenvalue weighted by Gasteiger charge is -2.56. The summed E-state index contributed by atoms with van der Waals surface area (Å²) < 4.78 is 7.13. The maximum Gasteiger partial charge on any atom is 0.0830 e. The number of ether oxygens (including phenoxy) is 1. The van der Waals surface area contributed by atoms with Gasteiger partial charge in [0.2, 0.25) is 0 Å². The number of nitrogens with zero attached hydrogens (tertiary/aromatic N) is 2. The molecule has 2 atom stereocenters. The fourth-order valence-electron chi connectivity index (χ4n) is 4.09. The lowest BCUT2D eigenvalue weighted by atomic mass is 9.58. The highest BCUT2D eigenvalue weighted by Crippen LogP contribution is 2.51. The van der Waals surface area contributed by atoms with Crippen LogP contribution in [0.1, 0.15) is 26.2 Å². The van der Waals surface area contributed by atoms with E-state index < -0.39 is 0 Å². The molecule has 5 heteroatoms. The Morgan fingerprint density at radius 2 is 2.23 bits per heavy atom. The SMILES string of the molecule is CCOC1CC(O)C12CCN(c1ccnc3ccsc13)CC2. The van der Waals surface area contributed by atoms with Crippen LogP contribution in [0.15, 0.2) is 23.7 Å². The third kappa shape index (κ3) is 2.07. The predicted octanol–water partition coefficient (Wildman–Crippen LogP) is 3.05. The molecule has 1 N–H and O–H groups in total.